The van der Waals surface area contributed by atoms with Crippen molar-refractivity contribution in [3.8, 4) is 0 Å². The molecule has 1 heterocycles. The van der Waals surface area contributed by atoms with Gasteiger partial charge in [0.25, 0.3) is 0 Å². The average Bonchev–Trinajstić information content (AvgIpc) is 2.85. The molecule has 21 heavy (non-hydrogen) atoms. The van der Waals surface area contributed by atoms with Crippen molar-refractivity contribution in [2.24, 2.45) is 11.8 Å². The minimum atomic E-state index is -0.309. The van der Waals surface area contributed by atoms with Gasteiger partial charge in [0.2, 0.25) is 0 Å². The Balaban J connectivity index is 2.19. The number of hydrazine groups is 1. The van der Waals surface area contributed by atoms with Crippen molar-refractivity contribution in [2.75, 3.05) is 0 Å². The van der Waals surface area contributed by atoms with Crippen LogP contribution in [0.3, 0.4) is 0 Å². The molecule has 7 heteroatoms. The summed E-state index contributed by atoms with van der Waals surface area (Å²) in [5, 5.41) is 4.22. The molecule has 0 aliphatic rings. The lowest BCUT2D eigenvalue weighted by Gasteiger charge is -2.17. The van der Waals surface area contributed by atoms with Crippen molar-refractivity contribution in [3.05, 3.63) is 46.2 Å². The van der Waals surface area contributed by atoms with Gasteiger partial charge in [0.1, 0.15) is 18.0 Å². The average molecular weight is 356 g/mol. The second-order valence-electron chi connectivity index (χ2n) is 5.35. The molecule has 1 aromatic heterocycles. The Morgan fingerprint density at radius 3 is 2.81 bits per heavy atom. The topological polar surface area (TPSA) is 68.8 Å². The minimum absolute atomic E-state index is 0.220. The minimum Gasteiger partial charge on any atom is -0.271 e. The quantitative estimate of drug-likeness (QED) is 0.617. The van der Waals surface area contributed by atoms with E-state index in [9.17, 15) is 4.39 Å². The van der Waals surface area contributed by atoms with Crippen LogP contribution in [0.5, 0.6) is 0 Å². The Hall–Kier alpha value is -1.31. The fraction of sp³-hybridized carbons (Fsp3) is 0.429. The van der Waals surface area contributed by atoms with E-state index in [0.29, 0.717) is 16.8 Å². The van der Waals surface area contributed by atoms with Crippen LogP contribution in [-0.4, -0.2) is 14.8 Å². The van der Waals surface area contributed by atoms with E-state index in [1.807, 2.05) is 10.7 Å². The summed E-state index contributed by atoms with van der Waals surface area (Å²) in [6.07, 6.45) is 2.08. The summed E-state index contributed by atoms with van der Waals surface area (Å²) in [7, 11) is 0. The van der Waals surface area contributed by atoms with E-state index in [2.05, 4.69) is 45.3 Å². The summed E-state index contributed by atoms with van der Waals surface area (Å²) in [5.41, 5.74) is 3.50. The number of hydrogen-bond donors (Lipinski definition) is 2. The summed E-state index contributed by atoms with van der Waals surface area (Å²) in [5.74, 6) is 6.61. The maximum atomic E-state index is 13.7. The summed E-state index contributed by atoms with van der Waals surface area (Å²) < 4.78 is 16.0. The zero-order valence-corrected chi connectivity index (χ0v) is 13.6. The third-order valence-corrected chi connectivity index (χ3v) is 3.81. The Kier molecular flexibility index (Phi) is 5.44. The highest BCUT2D eigenvalue weighted by molar-refractivity contribution is 9.10. The lowest BCUT2D eigenvalue weighted by Crippen LogP contribution is -2.30. The Morgan fingerprint density at radius 2 is 2.19 bits per heavy atom. The predicted molar refractivity (Wildman–Crippen MR) is 82.7 cm³/mol. The van der Waals surface area contributed by atoms with Gasteiger partial charge in [0.15, 0.2) is 0 Å². The van der Waals surface area contributed by atoms with Crippen LogP contribution in [0.2, 0.25) is 0 Å². The number of halogens is 2. The highest BCUT2D eigenvalue weighted by Gasteiger charge is 2.16. The first-order valence-corrected chi connectivity index (χ1v) is 7.58. The molecule has 0 aliphatic heterocycles. The monoisotopic (exact) mass is 355 g/mol. The van der Waals surface area contributed by atoms with Crippen LogP contribution in [0.25, 0.3) is 0 Å². The Labute approximate surface area is 131 Å². The van der Waals surface area contributed by atoms with Crippen molar-refractivity contribution in [2.45, 2.75) is 32.9 Å². The Bertz CT molecular complexity index is 599. The molecular weight excluding hydrogens is 337 g/mol. The molecule has 0 amide bonds. The zero-order chi connectivity index (χ0) is 15.4. The number of aromatic nitrogens is 3. The summed E-state index contributed by atoms with van der Waals surface area (Å²) in [4.78, 5) is 4.28. The maximum Gasteiger partial charge on any atom is 0.138 e. The molecule has 114 valence electrons. The third kappa shape index (κ3) is 4.09. The van der Waals surface area contributed by atoms with Crippen LogP contribution >= 0.6 is 15.9 Å². The first-order valence-electron chi connectivity index (χ1n) is 6.79. The van der Waals surface area contributed by atoms with Gasteiger partial charge in [0, 0.05) is 13.0 Å². The van der Waals surface area contributed by atoms with Crippen molar-refractivity contribution < 1.29 is 4.39 Å². The van der Waals surface area contributed by atoms with Crippen molar-refractivity contribution in [3.63, 3.8) is 0 Å². The van der Waals surface area contributed by atoms with Crippen molar-refractivity contribution in [1.82, 2.24) is 20.2 Å². The summed E-state index contributed by atoms with van der Waals surface area (Å²) in [6, 6.07) is 4.76. The molecule has 0 fully saturated rings. The lowest BCUT2D eigenvalue weighted by atomic mass is 10.0. The van der Waals surface area contributed by atoms with E-state index in [-0.39, 0.29) is 11.9 Å². The predicted octanol–water partition coefficient (Wildman–Crippen LogP) is 2.58. The number of nitrogens with zero attached hydrogens (tertiary/aromatic N) is 3. The highest BCUT2D eigenvalue weighted by Crippen LogP contribution is 2.22. The number of nitrogens with two attached hydrogens (primary N) is 1. The van der Waals surface area contributed by atoms with Gasteiger partial charge < -0.3 is 0 Å². The summed E-state index contributed by atoms with van der Waals surface area (Å²) >= 11 is 3.15. The fourth-order valence-electron chi connectivity index (χ4n) is 2.13. The van der Waals surface area contributed by atoms with Crippen LogP contribution in [0.1, 0.15) is 31.3 Å². The standard InChI is InChI=1S/C14H19BrFN5/c1-9(2)7-21-14(18-8-19-21)6-13(20-17)10-3-4-11(15)12(16)5-10/h3-5,8-9,13,20H,6-7,17H2,1-2H3. The lowest BCUT2D eigenvalue weighted by molar-refractivity contribution is 0.446. The van der Waals surface area contributed by atoms with Crippen LogP contribution < -0.4 is 11.3 Å². The van der Waals surface area contributed by atoms with Gasteiger partial charge in [-0.2, -0.15) is 5.10 Å². The second-order valence-corrected chi connectivity index (χ2v) is 6.20. The SMILES string of the molecule is CC(C)Cn1ncnc1CC(NN)c1ccc(Br)c(F)c1. The van der Waals surface area contributed by atoms with Crippen LogP contribution in [-0.2, 0) is 13.0 Å². The van der Waals surface area contributed by atoms with E-state index >= 15 is 0 Å². The van der Waals surface area contributed by atoms with Gasteiger partial charge in [-0.3, -0.25) is 11.3 Å². The largest absolute Gasteiger partial charge is 0.271 e. The molecule has 0 saturated heterocycles. The molecule has 1 unspecified atom stereocenters. The van der Waals surface area contributed by atoms with Crippen LogP contribution in [0.15, 0.2) is 29.0 Å². The molecule has 0 radical (unpaired) electrons. The van der Waals surface area contributed by atoms with E-state index in [4.69, 9.17) is 5.84 Å². The second kappa shape index (κ2) is 7.11. The molecule has 3 N–H and O–H groups in total. The van der Waals surface area contributed by atoms with Crippen molar-refractivity contribution >= 4 is 15.9 Å². The van der Waals surface area contributed by atoms with E-state index < -0.39 is 0 Å². The van der Waals surface area contributed by atoms with Crippen LogP contribution in [0, 0.1) is 11.7 Å². The summed E-state index contributed by atoms with van der Waals surface area (Å²) in [6.45, 7) is 5.03. The van der Waals surface area contributed by atoms with Crippen molar-refractivity contribution in [1.29, 1.82) is 0 Å². The van der Waals surface area contributed by atoms with Gasteiger partial charge in [-0.25, -0.2) is 14.1 Å². The molecule has 1 atom stereocenters. The van der Waals surface area contributed by atoms with Gasteiger partial charge in [-0.15, -0.1) is 0 Å². The van der Waals surface area contributed by atoms with Gasteiger partial charge >= 0.3 is 0 Å². The van der Waals surface area contributed by atoms with E-state index in [1.165, 1.54) is 12.4 Å². The first kappa shape index (κ1) is 16.1. The van der Waals surface area contributed by atoms with E-state index in [1.54, 1.807) is 6.07 Å². The van der Waals surface area contributed by atoms with E-state index in [0.717, 1.165) is 17.9 Å². The molecule has 2 aromatic rings. The maximum absolute atomic E-state index is 13.7. The fourth-order valence-corrected chi connectivity index (χ4v) is 2.38. The van der Waals surface area contributed by atoms with Gasteiger partial charge in [-0.1, -0.05) is 19.9 Å². The van der Waals surface area contributed by atoms with Gasteiger partial charge in [-0.05, 0) is 39.5 Å². The van der Waals surface area contributed by atoms with Crippen LogP contribution in [0.4, 0.5) is 4.39 Å². The molecule has 5 nitrogen and oxygen atoms in total. The number of nitrogens with one attached hydrogen (secondary N) is 1. The molecular formula is C14H19BrFN5. The highest BCUT2D eigenvalue weighted by atomic mass is 79.9. The zero-order valence-electron chi connectivity index (χ0n) is 12.1. The molecule has 0 saturated carbocycles. The number of benzene rings is 1. The normalized spacial score (nSPS) is 12.9. The molecule has 2 rings (SSSR count). The number of hydrogen-bond acceptors (Lipinski definition) is 4. The number of rotatable bonds is 6. The third-order valence-electron chi connectivity index (χ3n) is 3.17. The molecule has 0 bridgehead atoms. The first-order chi connectivity index (χ1) is 10.0. The Morgan fingerprint density at radius 1 is 1.43 bits per heavy atom. The molecule has 0 aliphatic carbocycles. The van der Waals surface area contributed by atoms with Gasteiger partial charge in [0.05, 0.1) is 10.5 Å². The smallest absolute Gasteiger partial charge is 0.138 e. The molecule has 1 aromatic carbocycles. The molecule has 0 spiro atoms.